The summed E-state index contributed by atoms with van der Waals surface area (Å²) in [4.78, 5) is 32.6. The Balaban J connectivity index is 1.53. The summed E-state index contributed by atoms with van der Waals surface area (Å²) in [6, 6.07) is 9.16. The molecule has 26 heavy (non-hydrogen) atoms. The Hall–Kier alpha value is -3.28. The molecular formula is C20H20N4O2. The normalized spacial score (nSPS) is 10.5. The summed E-state index contributed by atoms with van der Waals surface area (Å²) in [5.74, 6) is 0.474. The van der Waals surface area contributed by atoms with Crippen LogP contribution in [0, 0.1) is 13.8 Å². The maximum atomic E-state index is 12.2. The highest BCUT2D eigenvalue weighted by Crippen LogP contribution is 2.14. The van der Waals surface area contributed by atoms with Gasteiger partial charge in [0, 0.05) is 30.8 Å². The van der Waals surface area contributed by atoms with Gasteiger partial charge >= 0.3 is 0 Å². The van der Waals surface area contributed by atoms with Crippen LogP contribution in [0.3, 0.4) is 0 Å². The molecule has 0 aliphatic carbocycles. The van der Waals surface area contributed by atoms with Crippen LogP contribution in [0.2, 0.25) is 0 Å². The predicted molar refractivity (Wildman–Crippen MR) is 99.5 cm³/mol. The fraction of sp³-hybridized carbons (Fsp3) is 0.200. The molecule has 1 amide bonds. The number of benzene rings is 1. The second kappa shape index (κ2) is 7.74. The summed E-state index contributed by atoms with van der Waals surface area (Å²) in [6.07, 6.45) is 7.00. The SMILES string of the molecule is Cc1ccc(C(=O)CCC(=O)Nc2ccc(-n3ccnc3)nc2)cc1C. The number of carbonyl (C=O) groups excluding carboxylic acids is 2. The van der Waals surface area contributed by atoms with Crippen molar-refractivity contribution in [2.75, 3.05) is 5.32 Å². The van der Waals surface area contributed by atoms with Crippen LogP contribution in [0.25, 0.3) is 5.82 Å². The Morgan fingerprint density at radius 2 is 1.92 bits per heavy atom. The van der Waals surface area contributed by atoms with E-state index in [-0.39, 0.29) is 24.5 Å². The van der Waals surface area contributed by atoms with E-state index in [0.717, 1.165) is 11.1 Å². The maximum Gasteiger partial charge on any atom is 0.224 e. The van der Waals surface area contributed by atoms with E-state index < -0.39 is 0 Å². The fourth-order valence-electron chi connectivity index (χ4n) is 2.52. The van der Waals surface area contributed by atoms with E-state index in [0.29, 0.717) is 17.1 Å². The minimum Gasteiger partial charge on any atom is -0.325 e. The van der Waals surface area contributed by atoms with E-state index in [2.05, 4.69) is 15.3 Å². The zero-order valence-corrected chi connectivity index (χ0v) is 14.8. The van der Waals surface area contributed by atoms with Crippen molar-refractivity contribution >= 4 is 17.4 Å². The van der Waals surface area contributed by atoms with Crippen LogP contribution < -0.4 is 5.32 Å². The third-order valence-corrected chi connectivity index (χ3v) is 4.21. The lowest BCUT2D eigenvalue weighted by atomic mass is 10.0. The minimum atomic E-state index is -0.209. The average molecular weight is 348 g/mol. The van der Waals surface area contributed by atoms with E-state index >= 15 is 0 Å². The highest BCUT2D eigenvalue weighted by Gasteiger charge is 2.10. The molecule has 1 aromatic carbocycles. The first-order valence-electron chi connectivity index (χ1n) is 8.37. The molecule has 0 bridgehead atoms. The molecule has 0 fully saturated rings. The zero-order valence-electron chi connectivity index (χ0n) is 14.8. The van der Waals surface area contributed by atoms with Gasteiger partial charge < -0.3 is 5.32 Å². The lowest BCUT2D eigenvalue weighted by Gasteiger charge is -2.07. The molecular weight excluding hydrogens is 328 g/mol. The monoisotopic (exact) mass is 348 g/mol. The molecule has 132 valence electrons. The summed E-state index contributed by atoms with van der Waals surface area (Å²) in [6.45, 7) is 3.97. The predicted octanol–water partition coefficient (Wildman–Crippen LogP) is 3.49. The topological polar surface area (TPSA) is 76.9 Å². The number of anilines is 1. The molecule has 0 radical (unpaired) electrons. The summed E-state index contributed by atoms with van der Waals surface area (Å²) in [5.41, 5.74) is 3.46. The van der Waals surface area contributed by atoms with Gasteiger partial charge in [0.25, 0.3) is 0 Å². The molecule has 0 aliphatic heterocycles. The number of hydrogen-bond acceptors (Lipinski definition) is 4. The number of hydrogen-bond donors (Lipinski definition) is 1. The molecule has 0 unspecified atom stereocenters. The van der Waals surface area contributed by atoms with Gasteiger partial charge in [-0.15, -0.1) is 0 Å². The number of amides is 1. The first-order chi connectivity index (χ1) is 12.5. The van der Waals surface area contributed by atoms with Crippen molar-refractivity contribution in [2.24, 2.45) is 0 Å². The molecule has 1 N–H and O–H groups in total. The Bertz CT molecular complexity index is 915. The second-order valence-corrected chi connectivity index (χ2v) is 6.15. The van der Waals surface area contributed by atoms with Crippen molar-refractivity contribution in [2.45, 2.75) is 26.7 Å². The van der Waals surface area contributed by atoms with Gasteiger partial charge in [-0.1, -0.05) is 12.1 Å². The van der Waals surface area contributed by atoms with Gasteiger partial charge in [0.1, 0.15) is 12.1 Å². The number of nitrogens with zero attached hydrogens (tertiary/aromatic N) is 3. The number of aryl methyl sites for hydroxylation is 2. The third kappa shape index (κ3) is 4.22. The maximum absolute atomic E-state index is 12.2. The standard InChI is InChI=1S/C20H20N4O2/c1-14-3-4-16(11-15(14)2)18(25)6-8-20(26)23-17-5-7-19(22-12-17)24-10-9-21-13-24/h3-5,7,9-13H,6,8H2,1-2H3,(H,23,26). The van der Waals surface area contributed by atoms with E-state index in [4.69, 9.17) is 0 Å². The van der Waals surface area contributed by atoms with Gasteiger partial charge in [-0.05, 0) is 43.2 Å². The van der Waals surface area contributed by atoms with Crippen molar-refractivity contribution in [1.82, 2.24) is 14.5 Å². The number of pyridine rings is 1. The van der Waals surface area contributed by atoms with E-state index in [1.807, 2.05) is 26.0 Å². The van der Waals surface area contributed by atoms with Crippen LogP contribution in [0.1, 0.15) is 34.3 Å². The van der Waals surface area contributed by atoms with Crippen LogP contribution in [0.15, 0.2) is 55.2 Å². The number of aromatic nitrogens is 3. The highest BCUT2D eigenvalue weighted by molar-refractivity contribution is 6.00. The van der Waals surface area contributed by atoms with Gasteiger partial charge in [-0.3, -0.25) is 14.2 Å². The number of nitrogens with one attached hydrogen (secondary N) is 1. The molecule has 0 atom stereocenters. The van der Waals surface area contributed by atoms with E-state index in [9.17, 15) is 9.59 Å². The van der Waals surface area contributed by atoms with Crippen LogP contribution >= 0.6 is 0 Å². The van der Waals surface area contributed by atoms with Gasteiger partial charge in [0.15, 0.2) is 5.78 Å². The Morgan fingerprint density at radius 1 is 1.08 bits per heavy atom. The van der Waals surface area contributed by atoms with E-state index in [1.165, 1.54) is 0 Å². The Labute approximate surface area is 151 Å². The van der Waals surface area contributed by atoms with E-state index in [1.54, 1.807) is 47.7 Å². The van der Waals surface area contributed by atoms with Crippen molar-refractivity contribution in [3.8, 4) is 5.82 Å². The first-order valence-corrected chi connectivity index (χ1v) is 8.37. The highest BCUT2D eigenvalue weighted by atomic mass is 16.2. The molecule has 3 rings (SSSR count). The molecule has 0 aliphatic rings. The summed E-state index contributed by atoms with van der Waals surface area (Å²) in [5, 5.41) is 2.76. The summed E-state index contributed by atoms with van der Waals surface area (Å²) in [7, 11) is 0. The molecule has 0 spiro atoms. The number of Topliss-reactive ketones (excluding diaryl/α,β-unsaturated/α-hetero) is 1. The molecule has 6 nitrogen and oxygen atoms in total. The smallest absolute Gasteiger partial charge is 0.224 e. The molecule has 0 saturated heterocycles. The minimum absolute atomic E-state index is 0.0307. The molecule has 3 aromatic rings. The molecule has 2 aromatic heterocycles. The Morgan fingerprint density at radius 3 is 2.58 bits per heavy atom. The lowest BCUT2D eigenvalue weighted by Crippen LogP contribution is -2.14. The second-order valence-electron chi connectivity index (χ2n) is 6.15. The van der Waals surface area contributed by atoms with Crippen LogP contribution in [-0.2, 0) is 4.79 Å². The zero-order chi connectivity index (χ0) is 18.5. The van der Waals surface area contributed by atoms with Gasteiger partial charge in [-0.25, -0.2) is 9.97 Å². The largest absolute Gasteiger partial charge is 0.325 e. The van der Waals surface area contributed by atoms with Crippen molar-refractivity contribution in [3.63, 3.8) is 0 Å². The number of imidazole rings is 1. The Kier molecular flexibility index (Phi) is 5.22. The summed E-state index contributed by atoms with van der Waals surface area (Å²) < 4.78 is 1.77. The summed E-state index contributed by atoms with van der Waals surface area (Å²) >= 11 is 0. The molecule has 2 heterocycles. The van der Waals surface area contributed by atoms with Crippen molar-refractivity contribution in [3.05, 3.63) is 71.9 Å². The lowest BCUT2D eigenvalue weighted by molar-refractivity contribution is -0.116. The van der Waals surface area contributed by atoms with Crippen molar-refractivity contribution in [1.29, 1.82) is 0 Å². The van der Waals surface area contributed by atoms with Crippen LogP contribution in [-0.4, -0.2) is 26.2 Å². The number of rotatable bonds is 6. The number of carbonyl (C=O) groups is 2. The number of ketones is 1. The fourth-order valence-corrected chi connectivity index (χ4v) is 2.52. The van der Waals surface area contributed by atoms with Gasteiger partial charge in [-0.2, -0.15) is 0 Å². The van der Waals surface area contributed by atoms with Gasteiger partial charge in [0.05, 0.1) is 11.9 Å². The van der Waals surface area contributed by atoms with Crippen LogP contribution in [0.5, 0.6) is 0 Å². The van der Waals surface area contributed by atoms with Crippen LogP contribution in [0.4, 0.5) is 5.69 Å². The average Bonchev–Trinajstić information content (AvgIpc) is 3.17. The quantitative estimate of drug-likeness (QED) is 0.692. The first kappa shape index (κ1) is 17.5. The molecule has 6 heteroatoms. The molecule has 0 saturated carbocycles. The van der Waals surface area contributed by atoms with Crippen molar-refractivity contribution < 1.29 is 9.59 Å². The van der Waals surface area contributed by atoms with Gasteiger partial charge in [0.2, 0.25) is 5.91 Å². The third-order valence-electron chi connectivity index (χ3n) is 4.21.